The van der Waals surface area contributed by atoms with E-state index in [0.717, 1.165) is 69.1 Å². The van der Waals surface area contributed by atoms with Crippen LogP contribution in [0, 0.1) is 17.2 Å². The molecule has 0 aromatic heterocycles. The second-order valence-corrected chi connectivity index (χ2v) is 9.44. The standard InChI is InChI=1S/C28H38N4O2/c1-23(2)28(22-29,25-8-5-4-6-9-25)14-7-15-31-16-18-32(19-17-31)20-21-34-27-12-10-26(11-13-27)30-24(3)33/h4-6,8-13,23H,7,14-21H2,1-3H3,(H,30,33). The van der Waals surface area contributed by atoms with Crippen LogP contribution in [-0.4, -0.2) is 61.6 Å². The zero-order chi connectivity index (χ0) is 24.4. The van der Waals surface area contributed by atoms with E-state index in [1.807, 2.05) is 42.5 Å². The van der Waals surface area contributed by atoms with Crippen molar-refractivity contribution in [1.29, 1.82) is 5.26 Å². The Bertz CT molecular complexity index is 931. The number of rotatable bonds is 11. The van der Waals surface area contributed by atoms with Gasteiger partial charge in [-0.1, -0.05) is 44.2 Å². The number of carbonyl (C=O) groups is 1. The van der Waals surface area contributed by atoms with Crippen molar-refractivity contribution >= 4 is 11.6 Å². The van der Waals surface area contributed by atoms with Gasteiger partial charge in [0.15, 0.2) is 0 Å². The lowest BCUT2D eigenvalue weighted by Crippen LogP contribution is -2.47. The van der Waals surface area contributed by atoms with Gasteiger partial charge in [0.25, 0.3) is 0 Å². The van der Waals surface area contributed by atoms with Crippen LogP contribution in [0.4, 0.5) is 5.69 Å². The first-order chi connectivity index (χ1) is 16.4. The van der Waals surface area contributed by atoms with E-state index in [0.29, 0.717) is 6.61 Å². The molecule has 0 spiro atoms. The normalized spacial score (nSPS) is 16.6. The molecule has 1 unspecified atom stereocenters. The maximum atomic E-state index is 11.1. The summed E-state index contributed by atoms with van der Waals surface area (Å²) in [7, 11) is 0. The van der Waals surface area contributed by atoms with Gasteiger partial charge in [-0.25, -0.2) is 0 Å². The van der Waals surface area contributed by atoms with Crippen LogP contribution in [0.15, 0.2) is 54.6 Å². The molecular weight excluding hydrogens is 424 g/mol. The summed E-state index contributed by atoms with van der Waals surface area (Å²) in [5.41, 5.74) is 1.50. The smallest absolute Gasteiger partial charge is 0.221 e. The molecule has 6 nitrogen and oxygen atoms in total. The minimum absolute atomic E-state index is 0.0756. The van der Waals surface area contributed by atoms with Crippen molar-refractivity contribution in [2.75, 3.05) is 51.2 Å². The molecule has 0 radical (unpaired) electrons. The number of hydrogen-bond donors (Lipinski definition) is 1. The van der Waals surface area contributed by atoms with Gasteiger partial charge in [0.05, 0.1) is 11.5 Å². The number of piperazine rings is 1. The Morgan fingerprint density at radius 1 is 1.03 bits per heavy atom. The third-order valence-corrected chi connectivity index (χ3v) is 6.84. The number of benzene rings is 2. The average Bonchev–Trinajstić information content (AvgIpc) is 2.84. The van der Waals surface area contributed by atoms with E-state index in [2.05, 4.69) is 47.2 Å². The molecule has 0 saturated carbocycles. The maximum Gasteiger partial charge on any atom is 0.221 e. The topological polar surface area (TPSA) is 68.6 Å². The zero-order valence-electron chi connectivity index (χ0n) is 20.8. The van der Waals surface area contributed by atoms with Gasteiger partial charge in [0.1, 0.15) is 12.4 Å². The van der Waals surface area contributed by atoms with E-state index in [1.165, 1.54) is 6.92 Å². The lowest BCUT2D eigenvalue weighted by atomic mass is 9.70. The summed E-state index contributed by atoms with van der Waals surface area (Å²) in [6.45, 7) is 12.6. The van der Waals surface area contributed by atoms with Crippen molar-refractivity contribution in [3.63, 3.8) is 0 Å². The Morgan fingerprint density at radius 2 is 1.65 bits per heavy atom. The van der Waals surface area contributed by atoms with Gasteiger partial charge < -0.3 is 15.0 Å². The highest BCUT2D eigenvalue weighted by molar-refractivity contribution is 5.88. The van der Waals surface area contributed by atoms with Gasteiger partial charge in [-0.2, -0.15) is 5.26 Å². The maximum absolute atomic E-state index is 11.1. The Balaban J connectivity index is 1.37. The SMILES string of the molecule is CC(=O)Nc1ccc(OCCN2CCN(CCCC(C#N)(c3ccccc3)C(C)C)CC2)cc1. The summed E-state index contributed by atoms with van der Waals surface area (Å²) < 4.78 is 5.88. The van der Waals surface area contributed by atoms with Crippen LogP contribution in [0.3, 0.4) is 0 Å². The third-order valence-electron chi connectivity index (χ3n) is 6.84. The van der Waals surface area contributed by atoms with E-state index in [1.54, 1.807) is 0 Å². The Kier molecular flexibility index (Phi) is 9.50. The lowest BCUT2D eigenvalue weighted by Gasteiger charge is -2.36. The first-order valence-electron chi connectivity index (χ1n) is 12.3. The fraction of sp³-hybridized carbons (Fsp3) is 0.500. The van der Waals surface area contributed by atoms with Gasteiger partial charge in [0.2, 0.25) is 5.91 Å². The van der Waals surface area contributed by atoms with Crippen LogP contribution >= 0.6 is 0 Å². The molecule has 2 aromatic carbocycles. The van der Waals surface area contributed by atoms with Crippen LogP contribution in [0.25, 0.3) is 0 Å². The van der Waals surface area contributed by atoms with Gasteiger partial charge in [-0.15, -0.1) is 0 Å². The average molecular weight is 463 g/mol. The van der Waals surface area contributed by atoms with E-state index in [9.17, 15) is 10.1 Å². The highest BCUT2D eigenvalue weighted by Gasteiger charge is 2.35. The fourth-order valence-corrected chi connectivity index (χ4v) is 4.70. The predicted octanol–water partition coefficient (Wildman–Crippen LogP) is 4.54. The Labute approximate surface area is 204 Å². The second kappa shape index (κ2) is 12.5. The van der Waals surface area contributed by atoms with Crippen LogP contribution in [0.5, 0.6) is 5.75 Å². The van der Waals surface area contributed by atoms with Crippen molar-refractivity contribution in [2.24, 2.45) is 5.92 Å². The van der Waals surface area contributed by atoms with E-state index in [-0.39, 0.29) is 11.8 Å². The van der Waals surface area contributed by atoms with Crippen LogP contribution in [0.2, 0.25) is 0 Å². The zero-order valence-corrected chi connectivity index (χ0v) is 20.8. The van der Waals surface area contributed by atoms with Gasteiger partial charge in [-0.05, 0) is 55.1 Å². The van der Waals surface area contributed by atoms with E-state index in [4.69, 9.17) is 4.74 Å². The van der Waals surface area contributed by atoms with Crippen molar-refractivity contribution < 1.29 is 9.53 Å². The molecule has 0 bridgehead atoms. The third kappa shape index (κ3) is 7.06. The summed E-state index contributed by atoms with van der Waals surface area (Å²) in [4.78, 5) is 16.1. The second-order valence-electron chi connectivity index (χ2n) is 9.44. The van der Waals surface area contributed by atoms with E-state index >= 15 is 0 Å². The molecule has 1 N–H and O–H groups in total. The molecule has 182 valence electrons. The summed E-state index contributed by atoms with van der Waals surface area (Å²) in [6.07, 6.45) is 1.91. The molecule has 1 atom stereocenters. The van der Waals surface area contributed by atoms with Crippen LogP contribution in [-0.2, 0) is 10.2 Å². The first-order valence-corrected chi connectivity index (χ1v) is 12.3. The molecule has 1 fully saturated rings. The molecule has 1 saturated heterocycles. The fourth-order valence-electron chi connectivity index (χ4n) is 4.70. The number of nitrogens with one attached hydrogen (secondary N) is 1. The Hall–Kier alpha value is -2.88. The number of amides is 1. The minimum Gasteiger partial charge on any atom is -0.492 e. The minimum atomic E-state index is -0.416. The molecule has 1 aliphatic heterocycles. The monoisotopic (exact) mass is 462 g/mol. The summed E-state index contributed by atoms with van der Waals surface area (Å²) in [5, 5.41) is 12.8. The van der Waals surface area contributed by atoms with Crippen molar-refractivity contribution in [3.8, 4) is 11.8 Å². The van der Waals surface area contributed by atoms with Gasteiger partial charge >= 0.3 is 0 Å². The molecule has 34 heavy (non-hydrogen) atoms. The van der Waals surface area contributed by atoms with E-state index < -0.39 is 5.41 Å². The van der Waals surface area contributed by atoms with Gasteiger partial charge in [-0.3, -0.25) is 9.69 Å². The molecule has 2 aromatic rings. The number of ether oxygens (including phenoxy) is 1. The highest BCUT2D eigenvalue weighted by atomic mass is 16.5. The number of carbonyl (C=O) groups excluding carboxylic acids is 1. The molecule has 0 aliphatic carbocycles. The first kappa shape index (κ1) is 25.7. The summed E-state index contributed by atoms with van der Waals surface area (Å²) >= 11 is 0. The molecular formula is C28H38N4O2. The van der Waals surface area contributed by atoms with Crippen molar-refractivity contribution in [1.82, 2.24) is 9.80 Å². The van der Waals surface area contributed by atoms with Gasteiger partial charge in [0, 0.05) is 45.3 Å². The predicted molar refractivity (Wildman–Crippen MR) is 137 cm³/mol. The van der Waals surface area contributed by atoms with Crippen LogP contribution < -0.4 is 10.1 Å². The molecule has 6 heteroatoms. The number of nitrogens with zero attached hydrogens (tertiary/aromatic N) is 3. The largest absolute Gasteiger partial charge is 0.492 e. The number of nitriles is 1. The van der Waals surface area contributed by atoms with Crippen LogP contribution in [0.1, 0.15) is 39.2 Å². The lowest BCUT2D eigenvalue weighted by molar-refractivity contribution is -0.114. The molecule has 1 heterocycles. The highest BCUT2D eigenvalue weighted by Crippen LogP contribution is 2.36. The van der Waals surface area contributed by atoms with Crippen molar-refractivity contribution in [2.45, 2.75) is 39.0 Å². The van der Waals surface area contributed by atoms with Crippen molar-refractivity contribution in [3.05, 3.63) is 60.2 Å². The summed E-state index contributed by atoms with van der Waals surface area (Å²) in [6, 6.07) is 20.4. The number of anilines is 1. The number of hydrogen-bond acceptors (Lipinski definition) is 5. The quantitative estimate of drug-likeness (QED) is 0.531. The summed E-state index contributed by atoms with van der Waals surface area (Å²) in [5.74, 6) is 1.02. The Morgan fingerprint density at radius 3 is 2.21 bits per heavy atom. The molecule has 3 rings (SSSR count). The molecule has 1 amide bonds. The molecule has 1 aliphatic rings.